The number of rotatable bonds is 2. The molecule has 0 amide bonds. The lowest BCUT2D eigenvalue weighted by atomic mass is 10.1. The normalized spacial score (nSPS) is 17.2. The summed E-state index contributed by atoms with van der Waals surface area (Å²) in [7, 11) is -3.67. The second kappa shape index (κ2) is 5.31. The van der Waals surface area contributed by atoms with Crippen molar-refractivity contribution in [3.05, 3.63) is 65.9 Å². The Morgan fingerprint density at radius 1 is 1.12 bits per heavy atom. The molecular formula is C19H18N2O2S. The molecule has 4 rings (SSSR count). The minimum atomic E-state index is -3.67. The summed E-state index contributed by atoms with van der Waals surface area (Å²) in [4.78, 5) is 4.66. The predicted octanol–water partition coefficient (Wildman–Crippen LogP) is 3.68. The summed E-state index contributed by atoms with van der Waals surface area (Å²) in [6.45, 7) is 3.90. The summed E-state index contributed by atoms with van der Waals surface area (Å²) in [5.41, 5.74) is 3.38. The van der Waals surface area contributed by atoms with E-state index in [0.717, 1.165) is 28.6 Å². The van der Waals surface area contributed by atoms with Crippen molar-refractivity contribution in [1.82, 2.24) is 4.98 Å². The molecule has 0 fully saturated rings. The Labute approximate surface area is 141 Å². The van der Waals surface area contributed by atoms with E-state index in [1.165, 1.54) is 0 Å². The van der Waals surface area contributed by atoms with Crippen LogP contribution in [0.25, 0.3) is 10.9 Å². The largest absolute Gasteiger partial charge is 0.266 e. The number of hydrogen-bond donors (Lipinski definition) is 0. The number of hydrogen-bond acceptors (Lipinski definition) is 3. The van der Waals surface area contributed by atoms with Gasteiger partial charge >= 0.3 is 0 Å². The van der Waals surface area contributed by atoms with Crippen molar-refractivity contribution in [2.24, 2.45) is 0 Å². The number of sulfonamides is 1. The highest BCUT2D eigenvalue weighted by Crippen LogP contribution is 2.37. The van der Waals surface area contributed by atoms with Crippen molar-refractivity contribution in [2.45, 2.75) is 31.2 Å². The average Bonchev–Trinajstić information content (AvgIpc) is 2.90. The summed E-state index contributed by atoms with van der Waals surface area (Å²) in [5, 5.41) is 0.844. The molecule has 1 aromatic heterocycles. The fraction of sp³-hybridized carbons (Fsp3) is 0.211. The fourth-order valence-electron chi connectivity index (χ4n) is 3.46. The van der Waals surface area contributed by atoms with Gasteiger partial charge in [0.05, 0.1) is 11.2 Å². The molecule has 0 saturated carbocycles. The number of anilines is 1. The van der Waals surface area contributed by atoms with Crippen LogP contribution in [0.5, 0.6) is 0 Å². The van der Waals surface area contributed by atoms with Crippen LogP contribution in [0.3, 0.4) is 0 Å². The number of aromatic nitrogens is 1. The molecule has 1 aliphatic heterocycles. The summed E-state index contributed by atoms with van der Waals surface area (Å²) in [6, 6.07) is 14.9. The molecule has 1 aliphatic rings. The van der Waals surface area contributed by atoms with E-state index in [2.05, 4.69) is 4.98 Å². The van der Waals surface area contributed by atoms with E-state index < -0.39 is 10.0 Å². The van der Waals surface area contributed by atoms with Gasteiger partial charge in [0.15, 0.2) is 0 Å². The Morgan fingerprint density at radius 2 is 1.92 bits per heavy atom. The van der Waals surface area contributed by atoms with Gasteiger partial charge in [-0.2, -0.15) is 0 Å². The second-order valence-corrected chi connectivity index (χ2v) is 8.11. The predicted molar refractivity (Wildman–Crippen MR) is 95.8 cm³/mol. The van der Waals surface area contributed by atoms with Crippen molar-refractivity contribution < 1.29 is 8.42 Å². The number of nitrogens with zero attached hydrogens (tertiary/aromatic N) is 2. The molecular weight excluding hydrogens is 320 g/mol. The minimum Gasteiger partial charge on any atom is -0.263 e. The standard InChI is InChI=1S/C19H18N2O2S/c1-13-10-16-7-5-9-18(19(16)20-12-13)24(22,23)21-14(2)11-15-6-3-4-8-17(15)21/h3-10,12,14H,11H2,1-2H3/t14-/m1/s1. The van der Waals surface area contributed by atoms with Gasteiger partial charge < -0.3 is 0 Å². The topological polar surface area (TPSA) is 50.3 Å². The first-order chi connectivity index (χ1) is 11.5. The van der Waals surface area contributed by atoms with Crippen LogP contribution in [-0.4, -0.2) is 19.4 Å². The van der Waals surface area contributed by atoms with Crippen LogP contribution in [0.15, 0.2) is 59.6 Å². The Bertz CT molecular complexity index is 1040. The third-order valence-electron chi connectivity index (χ3n) is 4.49. The van der Waals surface area contributed by atoms with Crippen molar-refractivity contribution in [3.63, 3.8) is 0 Å². The molecule has 0 N–H and O–H groups in total. The van der Waals surface area contributed by atoms with Crippen molar-refractivity contribution in [3.8, 4) is 0 Å². The molecule has 3 aromatic rings. The average molecular weight is 338 g/mol. The number of para-hydroxylation sites is 2. The van der Waals surface area contributed by atoms with Crippen LogP contribution in [0.1, 0.15) is 18.1 Å². The Hall–Kier alpha value is -2.40. The van der Waals surface area contributed by atoms with Crippen LogP contribution in [0.2, 0.25) is 0 Å². The number of pyridine rings is 1. The molecule has 0 radical (unpaired) electrons. The minimum absolute atomic E-state index is 0.104. The molecule has 1 atom stereocenters. The van der Waals surface area contributed by atoms with E-state index in [1.54, 1.807) is 22.6 Å². The number of fused-ring (bicyclic) bond motifs is 2. The van der Waals surface area contributed by atoms with Crippen LogP contribution in [-0.2, 0) is 16.4 Å². The van der Waals surface area contributed by atoms with E-state index in [0.29, 0.717) is 5.52 Å². The molecule has 0 aliphatic carbocycles. The summed E-state index contributed by atoms with van der Waals surface area (Å²) < 4.78 is 28.3. The first-order valence-electron chi connectivity index (χ1n) is 7.96. The summed E-state index contributed by atoms with van der Waals surface area (Å²) >= 11 is 0. The van der Waals surface area contributed by atoms with Gasteiger partial charge in [0.25, 0.3) is 10.0 Å². The monoisotopic (exact) mass is 338 g/mol. The van der Waals surface area contributed by atoms with E-state index in [-0.39, 0.29) is 10.9 Å². The van der Waals surface area contributed by atoms with E-state index in [9.17, 15) is 8.42 Å². The van der Waals surface area contributed by atoms with Gasteiger partial charge in [-0.15, -0.1) is 0 Å². The van der Waals surface area contributed by atoms with E-state index in [1.807, 2.05) is 50.2 Å². The van der Waals surface area contributed by atoms with E-state index in [4.69, 9.17) is 0 Å². The molecule has 0 unspecified atom stereocenters. The quantitative estimate of drug-likeness (QED) is 0.716. The van der Waals surface area contributed by atoms with E-state index >= 15 is 0 Å². The number of benzene rings is 2. The Balaban J connectivity index is 1.94. The molecule has 122 valence electrons. The van der Waals surface area contributed by atoms with Crippen molar-refractivity contribution in [2.75, 3.05) is 4.31 Å². The Kier molecular flexibility index (Phi) is 3.35. The summed E-state index contributed by atoms with van der Waals surface area (Å²) in [5.74, 6) is 0. The molecule has 0 spiro atoms. The van der Waals surface area contributed by atoms with Crippen LogP contribution in [0, 0.1) is 6.92 Å². The highest BCUT2D eigenvalue weighted by molar-refractivity contribution is 7.93. The fourth-order valence-corrected chi connectivity index (χ4v) is 5.32. The highest BCUT2D eigenvalue weighted by atomic mass is 32.2. The van der Waals surface area contributed by atoms with Gasteiger partial charge in [0.1, 0.15) is 4.90 Å². The molecule has 0 saturated heterocycles. The van der Waals surface area contributed by atoms with Crippen molar-refractivity contribution >= 4 is 26.6 Å². The summed E-state index contributed by atoms with van der Waals surface area (Å²) in [6.07, 6.45) is 2.44. The molecule has 24 heavy (non-hydrogen) atoms. The lowest BCUT2D eigenvalue weighted by Gasteiger charge is -2.25. The lowest BCUT2D eigenvalue weighted by molar-refractivity contribution is 0.585. The van der Waals surface area contributed by atoms with Gasteiger partial charge in [0, 0.05) is 17.6 Å². The maximum absolute atomic E-state index is 13.4. The zero-order chi connectivity index (χ0) is 16.9. The molecule has 2 aromatic carbocycles. The molecule has 5 heteroatoms. The highest BCUT2D eigenvalue weighted by Gasteiger charge is 2.36. The Morgan fingerprint density at radius 3 is 2.75 bits per heavy atom. The molecule has 2 heterocycles. The first-order valence-corrected chi connectivity index (χ1v) is 9.40. The zero-order valence-electron chi connectivity index (χ0n) is 13.6. The van der Waals surface area contributed by atoms with Crippen molar-refractivity contribution in [1.29, 1.82) is 0 Å². The zero-order valence-corrected chi connectivity index (χ0v) is 14.4. The van der Waals surface area contributed by atoms with Crippen LogP contribution >= 0.6 is 0 Å². The first kappa shape index (κ1) is 15.1. The van der Waals surface area contributed by atoms with Gasteiger partial charge in [-0.05, 0) is 49.6 Å². The maximum Gasteiger partial charge on any atom is 0.266 e. The van der Waals surface area contributed by atoms with Crippen LogP contribution in [0.4, 0.5) is 5.69 Å². The second-order valence-electron chi connectivity index (χ2n) is 6.32. The number of aryl methyl sites for hydroxylation is 1. The van der Waals surface area contributed by atoms with Crippen LogP contribution < -0.4 is 4.31 Å². The molecule has 4 nitrogen and oxygen atoms in total. The van der Waals surface area contributed by atoms with Gasteiger partial charge in [-0.3, -0.25) is 9.29 Å². The van der Waals surface area contributed by atoms with Gasteiger partial charge in [-0.1, -0.05) is 30.3 Å². The third kappa shape index (κ3) is 2.19. The molecule has 0 bridgehead atoms. The lowest BCUT2D eigenvalue weighted by Crippen LogP contribution is -2.35. The van der Waals surface area contributed by atoms with Gasteiger partial charge in [0.2, 0.25) is 0 Å². The smallest absolute Gasteiger partial charge is 0.263 e. The SMILES string of the molecule is Cc1cnc2c(S(=O)(=O)N3c4ccccc4C[C@H]3C)cccc2c1. The third-order valence-corrected chi connectivity index (χ3v) is 6.45. The maximum atomic E-state index is 13.4. The van der Waals surface area contributed by atoms with Gasteiger partial charge in [-0.25, -0.2) is 8.42 Å².